The molecule has 0 radical (unpaired) electrons. The van der Waals surface area contributed by atoms with Gasteiger partial charge in [0.2, 0.25) is 5.91 Å². The molecule has 1 atom stereocenters. The third kappa shape index (κ3) is 6.16. The standard InChI is InChI=1S/C19H27N3O5/c1-11(20-18(25)27-19(2,3)4)16(23)22-14-8-6-7-13(17(24)26-5)15(14)21-12-9-10-12/h6-8,11-12,21H,9-10H2,1-5H3,(H,20,25)(H,22,23). The molecule has 0 bridgehead atoms. The molecule has 1 aliphatic carbocycles. The number of nitrogens with one attached hydrogen (secondary N) is 3. The minimum atomic E-state index is -0.824. The van der Waals surface area contributed by atoms with Crippen LogP contribution in [0.15, 0.2) is 18.2 Å². The molecule has 8 nitrogen and oxygen atoms in total. The van der Waals surface area contributed by atoms with Gasteiger partial charge in [0, 0.05) is 6.04 Å². The van der Waals surface area contributed by atoms with E-state index in [1.807, 2.05) is 0 Å². The van der Waals surface area contributed by atoms with Gasteiger partial charge in [-0.1, -0.05) is 6.07 Å². The molecule has 2 rings (SSSR count). The first-order valence-electron chi connectivity index (χ1n) is 8.89. The van der Waals surface area contributed by atoms with Crippen LogP contribution in [0.2, 0.25) is 0 Å². The van der Waals surface area contributed by atoms with Crippen LogP contribution in [-0.4, -0.2) is 42.8 Å². The number of benzene rings is 1. The molecule has 1 aromatic carbocycles. The highest BCUT2D eigenvalue weighted by Crippen LogP contribution is 2.33. The number of methoxy groups -OCH3 is 1. The second-order valence-electron chi connectivity index (χ2n) is 7.50. The topological polar surface area (TPSA) is 106 Å². The van der Waals surface area contributed by atoms with Gasteiger partial charge in [0.15, 0.2) is 0 Å². The Hall–Kier alpha value is -2.77. The molecule has 0 aliphatic heterocycles. The zero-order valence-electron chi connectivity index (χ0n) is 16.3. The van der Waals surface area contributed by atoms with Crippen molar-refractivity contribution in [2.45, 2.75) is 58.2 Å². The molecule has 0 spiro atoms. The third-order valence-corrected chi connectivity index (χ3v) is 3.78. The Morgan fingerprint density at radius 1 is 1.19 bits per heavy atom. The van der Waals surface area contributed by atoms with Crippen LogP contribution >= 0.6 is 0 Å². The summed E-state index contributed by atoms with van der Waals surface area (Å²) < 4.78 is 9.98. The minimum Gasteiger partial charge on any atom is -0.465 e. The van der Waals surface area contributed by atoms with Crippen LogP contribution in [0.5, 0.6) is 0 Å². The summed E-state index contributed by atoms with van der Waals surface area (Å²) in [6.07, 6.45) is 1.32. The molecule has 3 N–H and O–H groups in total. The Bertz CT molecular complexity index is 723. The number of alkyl carbamates (subject to hydrolysis) is 1. The van der Waals surface area contributed by atoms with Gasteiger partial charge in [-0.15, -0.1) is 0 Å². The lowest BCUT2D eigenvalue weighted by molar-refractivity contribution is -0.117. The molecule has 8 heteroatoms. The Balaban J connectivity index is 2.12. The molecule has 1 aromatic rings. The van der Waals surface area contributed by atoms with E-state index < -0.39 is 29.6 Å². The first-order valence-corrected chi connectivity index (χ1v) is 8.89. The average molecular weight is 377 g/mol. The molecule has 1 fully saturated rings. The largest absolute Gasteiger partial charge is 0.465 e. The number of hydrogen-bond donors (Lipinski definition) is 3. The molecule has 27 heavy (non-hydrogen) atoms. The van der Waals surface area contributed by atoms with E-state index in [0.717, 1.165) is 12.8 Å². The molecular weight excluding hydrogens is 350 g/mol. The van der Waals surface area contributed by atoms with Crippen LogP contribution in [0, 0.1) is 0 Å². The van der Waals surface area contributed by atoms with Crippen LogP contribution in [0.4, 0.5) is 16.2 Å². The number of carbonyl (C=O) groups is 3. The summed E-state index contributed by atoms with van der Waals surface area (Å²) in [6.45, 7) is 6.78. The fourth-order valence-electron chi connectivity index (χ4n) is 2.31. The fraction of sp³-hybridized carbons (Fsp3) is 0.526. The zero-order chi connectivity index (χ0) is 20.2. The molecule has 148 valence electrons. The third-order valence-electron chi connectivity index (χ3n) is 3.78. The number of esters is 1. The maximum absolute atomic E-state index is 12.5. The number of carbonyl (C=O) groups excluding carboxylic acids is 3. The van der Waals surface area contributed by atoms with Crippen molar-refractivity contribution in [2.75, 3.05) is 17.7 Å². The summed E-state index contributed by atoms with van der Waals surface area (Å²) in [6, 6.07) is 4.43. The van der Waals surface area contributed by atoms with Crippen molar-refractivity contribution in [1.29, 1.82) is 0 Å². The number of para-hydroxylation sites is 1. The van der Waals surface area contributed by atoms with E-state index in [1.165, 1.54) is 7.11 Å². The predicted octanol–water partition coefficient (Wildman–Crippen LogP) is 2.90. The summed E-state index contributed by atoms with van der Waals surface area (Å²) >= 11 is 0. The Morgan fingerprint density at radius 2 is 1.85 bits per heavy atom. The normalized spacial score (nSPS) is 14.7. The van der Waals surface area contributed by atoms with Gasteiger partial charge in [0.25, 0.3) is 0 Å². The summed E-state index contributed by atoms with van der Waals surface area (Å²) in [4.78, 5) is 36.4. The van der Waals surface area contributed by atoms with Crippen LogP contribution in [0.3, 0.4) is 0 Å². The molecule has 1 unspecified atom stereocenters. The van der Waals surface area contributed by atoms with Gasteiger partial charge in [0.1, 0.15) is 11.6 Å². The van der Waals surface area contributed by atoms with E-state index in [2.05, 4.69) is 16.0 Å². The van der Waals surface area contributed by atoms with Gasteiger partial charge in [-0.05, 0) is 52.7 Å². The first-order chi connectivity index (χ1) is 12.6. The first kappa shape index (κ1) is 20.5. The second kappa shape index (κ2) is 8.28. The van der Waals surface area contributed by atoms with Gasteiger partial charge in [-0.3, -0.25) is 4.79 Å². The second-order valence-corrected chi connectivity index (χ2v) is 7.50. The zero-order valence-corrected chi connectivity index (χ0v) is 16.3. The van der Waals surface area contributed by atoms with Crippen molar-refractivity contribution < 1.29 is 23.9 Å². The molecule has 0 saturated heterocycles. The molecule has 2 amide bonds. The molecular formula is C19H27N3O5. The van der Waals surface area contributed by atoms with E-state index >= 15 is 0 Å². The molecule has 0 heterocycles. The van der Waals surface area contributed by atoms with E-state index in [4.69, 9.17) is 9.47 Å². The number of rotatable bonds is 6. The van der Waals surface area contributed by atoms with Crippen LogP contribution < -0.4 is 16.0 Å². The van der Waals surface area contributed by atoms with Crippen LogP contribution in [-0.2, 0) is 14.3 Å². The van der Waals surface area contributed by atoms with Crippen molar-refractivity contribution in [3.05, 3.63) is 23.8 Å². The predicted molar refractivity (Wildman–Crippen MR) is 102 cm³/mol. The van der Waals surface area contributed by atoms with Gasteiger partial charge < -0.3 is 25.4 Å². The van der Waals surface area contributed by atoms with E-state index in [0.29, 0.717) is 16.9 Å². The number of ether oxygens (including phenoxy) is 2. The summed E-state index contributed by atoms with van der Waals surface area (Å²) in [5, 5.41) is 8.50. The minimum absolute atomic E-state index is 0.267. The highest BCUT2D eigenvalue weighted by Gasteiger charge is 2.27. The van der Waals surface area contributed by atoms with Crippen molar-refractivity contribution in [2.24, 2.45) is 0 Å². The number of anilines is 2. The highest BCUT2D eigenvalue weighted by molar-refractivity contribution is 6.04. The van der Waals surface area contributed by atoms with Gasteiger partial charge in [-0.2, -0.15) is 0 Å². The molecule has 0 aromatic heterocycles. The smallest absolute Gasteiger partial charge is 0.408 e. The van der Waals surface area contributed by atoms with E-state index in [-0.39, 0.29) is 6.04 Å². The maximum Gasteiger partial charge on any atom is 0.408 e. The number of amides is 2. The lowest BCUT2D eigenvalue weighted by Gasteiger charge is -2.22. The van der Waals surface area contributed by atoms with Crippen molar-refractivity contribution in [3.63, 3.8) is 0 Å². The highest BCUT2D eigenvalue weighted by atomic mass is 16.6. The quantitative estimate of drug-likeness (QED) is 0.658. The summed E-state index contributed by atoms with van der Waals surface area (Å²) in [7, 11) is 1.31. The molecule has 1 saturated carbocycles. The van der Waals surface area contributed by atoms with Gasteiger partial charge >= 0.3 is 12.1 Å². The fourth-order valence-corrected chi connectivity index (χ4v) is 2.31. The van der Waals surface area contributed by atoms with E-state index in [9.17, 15) is 14.4 Å². The van der Waals surface area contributed by atoms with Crippen LogP contribution in [0.25, 0.3) is 0 Å². The van der Waals surface area contributed by atoms with Gasteiger partial charge in [0.05, 0.1) is 24.0 Å². The van der Waals surface area contributed by atoms with Crippen molar-refractivity contribution in [3.8, 4) is 0 Å². The van der Waals surface area contributed by atoms with Crippen molar-refractivity contribution in [1.82, 2.24) is 5.32 Å². The summed E-state index contributed by atoms with van der Waals surface area (Å²) in [5.74, 6) is -0.920. The van der Waals surface area contributed by atoms with E-state index in [1.54, 1.807) is 45.9 Å². The number of hydrogen-bond acceptors (Lipinski definition) is 6. The van der Waals surface area contributed by atoms with Crippen LogP contribution in [0.1, 0.15) is 50.9 Å². The SMILES string of the molecule is COC(=O)c1cccc(NC(=O)C(C)NC(=O)OC(C)(C)C)c1NC1CC1. The lowest BCUT2D eigenvalue weighted by atomic mass is 10.1. The van der Waals surface area contributed by atoms with Crippen molar-refractivity contribution >= 4 is 29.3 Å². The Morgan fingerprint density at radius 3 is 2.41 bits per heavy atom. The maximum atomic E-state index is 12.5. The Labute approximate surface area is 159 Å². The van der Waals surface area contributed by atoms with Gasteiger partial charge in [-0.25, -0.2) is 9.59 Å². The summed E-state index contributed by atoms with van der Waals surface area (Å²) in [5.41, 5.74) is 0.656. The lowest BCUT2D eigenvalue weighted by Crippen LogP contribution is -2.44. The Kier molecular flexibility index (Phi) is 6.30. The molecule has 1 aliphatic rings. The average Bonchev–Trinajstić information content (AvgIpc) is 3.37. The monoisotopic (exact) mass is 377 g/mol.